The highest BCUT2D eigenvalue weighted by Crippen LogP contribution is 2.07. The van der Waals surface area contributed by atoms with Crippen LogP contribution < -0.4 is 10.6 Å². The van der Waals surface area contributed by atoms with E-state index in [1.165, 1.54) is 0 Å². The number of rotatable bonds is 7. The van der Waals surface area contributed by atoms with Crippen molar-refractivity contribution in [2.24, 2.45) is 0 Å². The Labute approximate surface area is 111 Å². The number of carbonyl (C=O) groups excluding carboxylic acids is 1. The van der Waals surface area contributed by atoms with Crippen LogP contribution in [0.25, 0.3) is 5.52 Å². The van der Waals surface area contributed by atoms with E-state index in [1.807, 2.05) is 0 Å². The molecule has 0 radical (unpaired) electrons. The molecule has 7 heteroatoms. The molecule has 1 amide bonds. The number of nitrogens with zero attached hydrogens (tertiary/aromatic N) is 3. The van der Waals surface area contributed by atoms with Crippen molar-refractivity contribution in [2.45, 2.75) is 0 Å². The topological polar surface area (TPSA) is 80.5 Å². The molecule has 19 heavy (non-hydrogen) atoms. The number of ether oxygens (including phenoxy) is 1. The predicted octanol–water partition coefficient (Wildman–Crippen LogP) is -0.305. The number of fused-ring (bicyclic) bond motifs is 1. The fourth-order valence-corrected chi connectivity index (χ4v) is 1.67. The standard InChI is InChI=1S/C12H17N5O2/c1-19-7-5-13-2-3-15-12(18)10-8-16-17-6-4-14-9-11(10)17/h4,6,8-9,13H,2-3,5,7H2,1H3,(H,15,18). The maximum Gasteiger partial charge on any atom is 0.255 e. The zero-order chi connectivity index (χ0) is 13.5. The predicted molar refractivity (Wildman–Crippen MR) is 70.1 cm³/mol. The van der Waals surface area contributed by atoms with Crippen LogP contribution >= 0.6 is 0 Å². The van der Waals surface area contributed by atoms with Gasteiger partial charge >= 0.3 is 0 Å². The fraction of sp³-hybridized carbons (Fsp3) is 0.417. The first-order valence-electron chi connectivity index (χ1n) is 6.08. The summed E-state index contributed by atoms with van der Waals surface area (Å²) < 4.78 is 6.53. The lowest BCUT2D eigenvalue weighted by molar-refractivity contribution is 0.0955. The Morgan fingerprint density at radius 2 is 2.26 bits per heavy atom. The first kappa shape index (κ1) is 13.4. The van der Waals surface area contributed by atoms with Crippen LogP contribution in [0.15, 0.2) is 24.8 Å². The van der Waals surface area contributed by atoms with Gasteiger partial charge in [-0.1, -0.05) is 0 Å². The van der Waals surface area contributed by atoms with Crippen LogP contribution in [0.2, 0.25) is 0 Å². The minimum atomic E-state index is -0.142. The highest BCUT2D eigenvalue weighted by Gasteiger charge is 2.11. The summed E-state index contributed by atoms with van der Waals surface area (Å²) in [5.74, 6) is -0.142. The minimum Gasteiger partial charge on any atom is -0.383 e. The number of hydrogen-bond donors (Lipinski definition) is 2. The van der Waals surface area contributed by atoms with Crippen molar-refractivity contribution < 1.29 is 9.53 Å². The van der Waals surface area contributed by atoms with E-state index in [0.717, 1.165) is 6.54 Å². The molecular weight excluding hydrogens is 246 g/mol. The van der Waals surface area contributed by atoms with Crippen LogP contribution in [-0.4, -0.2) is 53.9 Å². The van der Waals surface area contributed by atoms with Crippen LogP contribution in [-0.2, 0) is 4.74 Å². The molecule has 0 aliphatic heterocycles. The van der Waals surface area contributed by atoms with E-state index in [0.29, 0.717) is 30.8 Å². The van der Waals surface area contributed by atoms with Crippen molar-refractivity contribution in [1.29, 1.82) is 0 Å². The van der Waals surface area contributed by atoms with Crippen molar-refractivity contribution in [2.75, 3.05) is 33.4 Å². The Morgan fingerprint density at radius 3 is 3.11 bits per heavy atom. The second-order valence-corrected chi connectivity index (χ2v) is 3.96. The van der Waals surface area contributed by atoms with E-state index < -0.39 is 0 Å². The molecule has 2 aromatic rings. The van der Waals surface area contributed by atoms with Gasteiger partial charge < -0.3 is 15.4 Å². The summed E-state index contributed by atoms with van der Waals surface area (Å²) in [6.07, 6.45) is 6.50. The minimum absolute atomic E-state index is 0.142. The maximum atomic E-state index is 12.0. The van der Waals surface area contributed by atoms with Gasteiger partial charge in [-0.15, -0.1) is 0 Å². The quantitative estimate of drug-likeness (QED) is 0.670. The first-order chi connectivity index (χ1) is 9.33. The third kappa shape index (κ3) is 3.49. The smallest absolute Gasteiger partial charge is 0.255 e. The molecule has 0 bridgehead atoms. The van der Waals surface area contributed by atoms with Gasteiger partial charge in [0.15, 0.2) is 0 Å². The summed E-state index contributed by atoms with van der Waals surface area (Å²) >= 11 is 0. The van der Waals surface area contributed by atoms with E-state index in [4.69, 9.17) is 4.74 Å². The third-order valence-corrected chi connectivity index (χ3v) is 2.64. The number of hydrogen-bond acceptors (Lipinski definition) is 5. The molecule has 2 N–H and O–H groups in total. The number of nitrogens with one attached hydrogen (secondary N) is 2. The molecule has 0 atom stereocenters. The zero-order valence-electron chi connectivity index (χ0n) is 10.8. The molecule has 0 aliphatic carbocycles. The van der Waals surface area contributed by atoms with Crippen LogP contribution in [0.4, 0.5) is 0 Å². The molecular formula is C12H17N5O2. The molecule has 102 valence electrons. The molecule has 2 rings (SSSR count). The molecule has 0 aliphatic rings. The van der Waals surface area contributed by atoms with E-state index in [9.17, 15) is 4.79 Å². The van der Waals surface area contributed by atoms with E-state index in [-0.39, 0.29) is 5.91 Å². The van der Waals surface area contributed by atoms with Gasteiger partial charge in [0.25, 0.3) is 5.91 Å². The summed E-state index contributed by atoms with van der Waals surface area (Å²) in [7, 11) is 1.66. The molecule has 2 aromatic heterocycles. The molecule has 0 saturated carbocycles. The van der Waals surface area contributed by atoms with Crippen LogP contribution in [0.1, 0.15) is 10.4 Å². The van der Waals surface area contributed by atoms with E-state index >= 15 is 0 Å². The number of amides is 1. The Morgan fingerprint density at radius 1 is 1.37 bits per heavy atom. The molecule has 0 aromatic carbocycles. The van der Waals surface area contributed by atoms with Crippen LogP contribution in [0.5, 0.6) is 0 Å². The Bertz CT molecular complexity index is 540. The van der Waals surface area contributed by atoms with E-state index in [1.54, 1.807) is 36.4 Å². The van der Waals surface area contributed by atoms with Crippen LogP contribution in [0.3, 0.4) is 0 Å². The van der Waals surface area contributed by atoms with Gasteiger partial charge in [-0.2, -0.15) is 5.10 Å². The second-order valence-electron chi connectivity index (χ2n) is 3.96. The molecule has 0 fully saturated rings. The van der Waals surface area contributed by atoms with Gasteiger partial charge in [0.1, 0.15) is 0 Å². The Kier molecular flexibility index (Phi) is 4.82. The van der Waals surface area contributed by atoms with Crippen LogP contribution in [0, 0.1) is 0 Å². The summed E-state index contributed by atoms with van der Waals surface area (Å²) in [6, 6.07) is 0. The molecule has 0 saturated heterocycles. The van der Waals surface area contributed by atoms with Crippen molar-refractivity contribution in [3.63, 3.8) is 0 Å². The van der Waals surface area contributed by atoms with E-state index in [2.05, 4.69) is 20.7 Å². The molecule has 0 spiro atoms. The van der Waals surface area contributed by atoms with Gasteiger partial charge in [-0.3, -0.25) is 9.78 Å². The second kappa shape index (κ2) is 6.81. The monoisotopic (exact) mass is 263 g/mol. The number of methoxy groups -OCH3 is 1. The van der Waals surface area contributed by atoms with Gasteiger partial charge in [0.05, 0.1) is 30.1 Å². The molecule has 7 nitrogen and oxygen atoms in total. The SMILES string of the molecule is COCCNCCNC(=O)c1cnn2ccncc12. The molecule has 0 unspecified atom stereocenters. The lowest BCUT2D eigenvalue weighted by atomic mass is 10.3. The Hall–Kier alpha value is -1.99. The zero-order valence-corrected chi connectivity index (χ0v) is 10.8. The summed E-state index contributed by atoms with van der Waals surface area (Å²) in [5, 5.41) is 10.1. The lowest BCUT2D eigenvalue weighted by Crippen LogP contribution is -2.33. The first-order valence-corrected chi connectivity index (χ1v) is 6.08. The van der Waals surface area contributed by atoms with Gasteiger partial charge in [0.2, 0.25) is 0 Å². The highest BCUT2D eigenvalue weighted by molar-refractivity contribution is 6.00. The summed E-state index contributed by atoms with van der Waals surface area (Å²) in [5.41, 5.74) is 1.23. The summed E-state index contributed by atoms with van der Waals surface area (Å²) in [6.45, 7) is 2.69. The average Bonchev–Trinajstić information content (AvgIpc) is 2.86. The van der Waals surface area contributed by atoms with Crippen molar-refractivity contribution in [1.82, 2.24) is 25.2 Å². The fourth-order valence-electron chi connectivity index (χ4n) is 1.67. The Balaban J connectivity index is 1.83. The average molecular weight is 263 g/mol. The number of aromatic nitrogens is 3. The van der Waals surface area contributed by atoms with Crippen molar-refractivity contribution in [3.05, 3.63) is 30.4 Å². The van der Waals surface area contributed by atoms with Gasteiger partial charge in [0, 0.05) is 39.1 Å². The number of carbonyl (C=O) groups is 1. The normalized spacial score (nSPS) is 10.8. The van der Waals surface area contributed by atoms with Gasteiger partial charge in [-0.05, 0) is 0 Å². The highest BCUT2D eigenvalue weighted by atomic mass is 16.5. The van der Waals surface area contributed by atoms with Gasteiger partial charge in [-0.25, -0.2) is 4.52 Å². The van der Waals surface area contributed by atoms with Crippen molar-refractivity contribution in [3.8, 4) is 0 Å². The summed E-state index contributed by atoms with van der Waals surface area (Å²) in [4.78, 5) is 16.0. The maximum absolute atomic E-state index is 12.0. The lowest BCUT2D eigenvalue weighted by Gasteiger charge is -2.05. The third-order valence-electron chi connectivity index (χ3n) is 2.64. The van der Waals surface area contributed by atoms with Crippen molar-refractivity contribution >= 4 is 11.4 Å². The largest absolute Gasteiger partial charge is 0.383 e. The molecule has 2 heterocycles.